The van der Waals surface area contributed by atoms with Crippen molar-refractivity contribution >= 4 is 41.7 Å². The summed E-state index contributed by atoms with van der Waals surface area (Å²) in [6.45, 7) is 1.90. The Bertz CT molecular complexity index is 465. The second-order valence-electron chi connectivity index (χ2n) is 2.84. The van der Waals surface area contributed by atoms with Crippen molar-refractivity contribution in [1.29, 1.82) is 0 Å². The highest BCUT2D eigenvalue weighted by Gasteiger charge is 2.12. The highest BCUT2D eigenvalue weighted by Crippen LogP contribution is 2.16. The van der Waals surface area contributed by atoms with Gasteiger partial charge in [-0.15, -0.1) is 16.2 Å². The Kier molecular flexibility index (Phi) is 4.36. The maximum absolute atomic E-state index is 11.7. The van der Waals surface area contributed by atoms with Crippen LogP contribution in [-0.2, 0) is 10.0 Å². The van der Waals surface area contributed by atoms with Crippen molar-refractivity contribution in [3.63, 3.8) is 0 Å². The molecule has 0 aliphatic heterocycles. The molecular formula is C9H10BrNO2S2. The van der Waals surface area contributed by atoms with Gasteiger partial charge in [-0.1, -0.05) is 17.7 Å². The van der Waals surface area contributed by atoms with E-state index in [0.29, 0.717) is 3.95 Å². The Balaban J connectivity index is 3.13. The van der Waals surface area contributed by atoms with E-state index in [1.54, 1.807) is 30.5 Å². The van der Waals surface area contributed by atoms with Gasteiger partial charge in [0.15, 0.2) is 3.95 Å². The van der Waals surface area contributed by atoms with Crippen LogP contribution in [0.25, 0.3) is 0 Å². The third kappa shape index (κ3) is 3.62. The standard InChI is InChI=1S/C9H10BrNO2S2/c1-7-3-5-8(6-4-7)15(12,13)11-9(10)14-2/h3-6H,1-2H3. The number of hydrogen-bond acceptors (Lipinski definition) is 3. The molecule has 0 aromatic heterocycles. The molecule has 0 bridgehead atoms. The molecule has 0 N–H and O–H groups in total. The quantitative estimate of drug-likeness (QED) is 0.623. The molecule has 0 unspecified atom stereocenters. The summed E-state index contributed by atoms with van der Waals surface area (Å²) in [6, 6.07) is 6.59. The third-order valence-electron chi connectivity index (χ3n) is 1.68. The van der Waals surface area contributed by atoms with Crippen LogP contribution in [0.1, 0.15) is 5.56 Å². The van der Waals surface area contributed by atoms with Gasteiger partial charge in [-0.3, -0.25) is 0 Å². The molecule has 0 aliphatic rings. The van der Waals surface area contributed by atoms with Crippen molar-refractivity contribution in [1.82, 2.24) is 0 Å². The molecule has 0 spiro atoms. The number of thioether (sulfide) groups is 1. The number of nitrogens with zero attached hydrogens (tertiary/aromatic N) is 1. The largest absolute Gasteiger partial charge is 0.283 e. The van der Waals surface area contributed by atoms with Crippen LogP contribution >= 0.6 is 27.7 Å². The molecule has 1 aromatic carbocycles. The minimum atomic E-state index is -3.57. The van der Waals surface area contributed by atoms with E-state index in [1.165, 1.54) is 11.8 Å². The normalized spacial score (nSPS) is 12.9. The molecule has 0 saturated heterocycles. The molecule has 1 rings (SSSR count). The van der Waals surface area contributed by atoms with Crippen LogP contribution in [0.15, 0.2) is 33.6 Å². The van der Waals surface area contributed by atoms with Gasteiger partial charge in [0, 0.05) is 0 Å². The summed E-state index contributed by atoms with van der Waals surface area (Å²) in [5, 5.41) is 0. The number of sulfonamides is 1. The lowest BCUT2D eigenvalue weighted by molar-refractivity contribution is 0.598. The van der Waals surface area contributed by atoms with E-state index in [9.17, 15) is 8.42 Å². The lowest BCUT2D eigenvalue weighted by Crippen LogP contribution is -1.98. The average Bonchev–Trinajstić information content (AvgIpc) is 2.17. The first-order valence-corrected chi connectivity index (χ1v) is 7.52. The molecule has 3 nitrogen and oxygen atoms in total. The predicted molar refractivity (Wildman–Crippen MR) is 68.2 cm³/mol. The van der Waals surface area contributed by atoms with Crippen LogP contribution in [-0.4, -0.2) is 18.6 Å². The molecule has 1 aromatic rings. The van der Waals surface area contributed by atoms with Crippen LogP contribution in [0.5, 0.6) is 0 Å². The summed E-state index contributed by atoms with van der Waals surface area (Å²) in [5.41, 5.74) is 1.02. The van der Waals surface area contributed by atoms with Crippen molar-refractivity contribution in [2.45, 2.75) is 11.8 Å². The Morgan fingerprint density at radius 1 is 1.33 bits per heavy atom. The molecule has 0 amide bonds. The first kappa shape index (κ1) is 12.7. The number of rotatable bonds is 2. The second kappa shape index (κ2) is 5.14. The van der Waals surface area contributed by atoms with E-state index >= 15 is 0 Å². The van der Waals surface area contributed by atoms with E-state index in [0.717, 1.165) is 5.56 Å². The lowest BCUT2D eigenvalue weighted by atomic mass is 10.2. The zero-order valence-corrected chi connectivity index (χ0v) is 11.5. The predicted octanol–water partition coefficient (Wildman–Crippen LogP) is 2.80. The van der Waals surface area contributed by atoms with Gasteiger partial charge >= 0.3 is 0 Å². The number of halogens is 1. The topological polar surface area (TPSA) is 46.5 Å². The molecule has 0 atom stereocenters. The third-order valence-corrected chi connectivity index (χ3v) is 4.90. The maximum Gasteiger partial charge on any atom is 0.283 e. The Morgan fingerprint density at radius 3 is 2.33 bits per heavy atom. The lowest BCUT2D eigenvalue weighted by Gasteiger charge is -1.99. The minimum absolute atomic E-state index is 0.208. The zero-order chi connectivity index (χ0) is 11.5. The van der Waals surface area contributed by atoms with Crippen LogP contribution < -0.4 is 0 Å². The van der Waals surface area contributed by atoms with Crippen molar-refractivity contribution in [2.24, 2.45) is 4.40 Å². The van der Waals surface area contributed by atoms with Crippen LogP contribution in [0, 0.1) is 6.92 Å². The van der Waals surface area contributed by atoms with Gasteiger partial charge in [-0.25, -0.2) is 0 Å². The summed E-state index contributed by atoms with van der Waals surface area (Å²) in [6.07, 6.45) is 1.75. The Hall–Kier alpha value is -0.330. The first-order chi connectivity index (χ1) is 6.95. The fraction of sp³-hybridized carbons (Fsp3) is 0.222. The summed E-state index contributed by atoms with van der Waals surface area (Å²) < 4.78 is 27.3. The van der Waals surface area contributed by atoms with Gasteiger partial charge in [0.05, 0.1) is 4.90 Å². The number of hydrogen-bond donors (Lipinski definition) is 0. The molecule has 0 aliphatic carbocycles. The Labute approximate surface area is 102 Å². The van der Waals surface area contributed by atoms with Gasteiger partial charge in [0.2, 0.25) is 0 Å². The average molecular weight is 308 g/mol. The van der Waals surface area contributed by atoms with Crippen molar-refractivity contribution in [2.75, 3.05) is 6.26 Å². The van der Waals surface area contributed by atoms with E-state index in [-0.39, 0.29) is 4.90 Å². The summed E-state index contributed by atoms with van der Waals surface area (Å²) in [7, 11) is -3.57. The van der Waals surface area contributed by atoms with Crippen LogP contribution in [0.2, 0.25) is 0 Å². The first-order valence-electron chi connectivity index (χ1n) is 4.07. The van der Waals surface area contributed by atoms with Crippen molar-refractivity contribution in [3.05, 3.63) is 29.8 Å². The molecular weight excluding hydrogens is 298 g/mol. The van der Waals surface area contributed by atoms with Crippen LogP contribution in [0.3, 0.4) is 0 Å². The number of benzene rings is 1. The summed E-state index contributed by atoms with van der Waals surface area (Å²) in [5.74, 6) is 0. The van der Waals surface area contributed by atoms with Crippen molar-refractivity contribution < 1.29 is 8.42 Å². The highest BCUT2D eigenvalue weighted by molar-refractivity contribution is 9.22. The fourth-order valence-corrected chi connectivity index (χ4v) is 2.83. The highest BCUT2D eigenvalue weighted by atomic mass is 79.9. The monoisotopic (exact) mass is 307 g/mol. The van der Waals surface area contributed by atoms with Gasteiger partial charge < -0.3 is 0 Å². The van der Waals surface area contributed by atoms with E-state index in [2.05, 4.69) is 20.3 Å². The molecule has 82 valence electrons. The van der Waals surface area contributed by atoms with Gasteiger partial charge in [-0.2, -0.15) is 8.42 Å². The van der Waals surface area contributed by atoms with Crippen LogP contribution in [0.4, 0.5) is 0 Å². The fourth-order valence-electron chi connectivity index (χ4n) is 0.895. The molecule has 0 heterocycles. The second-order valence-corrected chi connectivity index (χ2v) is 6.51. The Morgan fingerprint density at radius 2 is 1.87 bits per heavy atom. The smallest absolute Gasteiger partial charge is 0.199 e. The van der Waals surface area contributed by atoms with E-state index in [1.807, 2.05) is 6.92 Å². The summed E-state index contributed by atoms with van der Waals surface area (Å²) in [4.78, 5) is 0.208. The van der Waals surface area contributed by atoms with Gasteiger partial charge in [-0.05, 0) is 41.2 Å². The van der Waals surface area contributed by atoms with E-state index in [4.69, 9.17) is 0 Å². The van der Waals surface area contributed by atoms with Gasteiger partial charge in [0.1, 0.15) is 0 Å². The number of aryl methyl sites for hydroxylation is 1. The molecule has 0 radical (unpaired) electrons. The van der Waals surface area contributed by atoms with Crippen molar-refractivity contribution in [3.8, 4) is 0 Å². The SMILES string of the molecule is CSC(Br)=NS(=O)(=O)c1ccc(C)cc1. The van der Waals surface area contributed by atoms with Gasteiger partial charge in [0.25, 0.3) is 10.0 Å². The molecule has 0 fully saturated rings. The molecule has 6 heteroatoms. The van der Waals surface area contributed by atoms with E-state index < -0.39 is 10.0 Å². The molecule has 0 saturated carbocycles. The minimum Gasteiger partial charge on any atom is -0.199 e. The molecule has 15 heavy (non-hydrogen) atoms. The zero-order valence-electron chi connectivity index (χ0n) is 8.27. The summed E-state index contributed by atoms with van der Waals surface area (Å²) >= 11 is 4.30. The maximum atomic E-state index is 11.7.